The highest BCUT2D eigenvalue weighted by molar-refractivity contribution is 5.95. The maximum absolute atomic E-state index is 12.7. The maximum atomic E-state index is 12.7. The number of nitrogens with one attached hydrogen (secondary N) is 1. The van der Waals surface area contributed by atoms with Crippen LogP contribution in [0.3, 0.4) is 0 Å². The second-order valence-corrected chi connectivity index (χ2v) is 5.31. The lowest BCUT2D eigenvalue weighted by Gasteiger charge is -2.23. The number of hydrogen-bond donors (Lipinski definition) is 1. The van der Waals surface area contributed by atoms with Gasteiger partial charge in [-0.25, -0.2) is 0 Å². The molecule has 112 valence electrons. The number of benzene rings is 1. The molecule has 2 aliphatic heterocycles. The van der Waals surface area contributed by atoms with Crippen molar-refractivity contribution in [1.29, 1.82) is 0 Å². The van der Waals surface area contributed by atoms with Crippen molar-refractivity contribution in [3.63, 3.8) is 0 Å². The Labute approximate surface area is 118 Å². The summed E-state index contributed by atoms with van der Waals surface area (Å²) in [6.07, 6.45) is -3.62. The van der Waals surface area contributed by atoms with E-state index in [1.165, 1.54) is 17.0 Å². The molecule has 0 spiro atoms. The van der Waals surface area contributed by atoms with Gasteiger partial charge in [0.25, 0.3) is 5.91 Å². The number of carbonyl (C=O) groups excluding carboxylic acids is 2. The first-order chi connectivity index (χ1) is 9.86. The van der Waals surface area contributed by atoms with Crippen LogP contribution in [0.4, 0.5) is 13.2 Å². The van der Waals surface area contributed by atoms with Crippen LogP contribution in [0.2, 0.25) is 0 Å². The van der Waals surface area contributed by atoms with E-state index in [2.05, 4.69) is 5.32 Å². The molecule has 2 fully saturated rings. The quantitative estimate of drug-likeness (QED) is 0.859. The average Bonchev–Trinajstić information content (AvgIpc) is 2.96. The molecule has 1 N–H and O–H groups in total. The van der Waals surface area contributed by atoms with Crippen LogP contribution >= 0.6 is 0 Å². The highest BCUT2D eigenvalue weighted by Crippen LogP contribution is 2.31. The van der Waals surface area contributed by atoms with Gasteiger partial charge in [0.1, 0.15) is 0 Å². The predicted octanol–water partition coefficient (Wildman–Crippen LogP) is 1.81. The normalized spacial score (nSPS) is 24.9. The van der Waals surface area contributed by atoms with Gasteiger partial charge in [0, 0.05) is 18.5 Å². The first-order valence-corrected chi connectivity index (χ1v) is 6.64. The van der Waals surface area contributed by atoms with Crippen LogP contribution < -0.4 is 5.32 Å². The molecule has 1 aromatic rings. The SMILES string of the molecule is O=C1C[C@H]2[C@H](CCN2C(=O)c2cccc(C(F)(F)F)c2)N1. The lowest BCUT2D eigenvalue weighted by atomic mass is 10.1. The summed E-state index contributed by atoms with van der Waals surface area (Å²) in [5.74, 6) is -0.573. The number of fused-ring (bicyclic) bond motifs is 1. The van der Waals surface area contributed by atoms with Crippen molar-refractivity contribution in [3.05, 3.63) is 35.4 Å². The van der Waals surface area contributed by atoms with E-state index in [0.29, 0.717) is 13.0 Å². The van der Waals surface area contributed by atoms with Crippen molar-refractivity contribution in [2.75, 3.05) is 6.54 Å². The Morgan fingerprint density at radius 1 is 1.33 bits per heavy atom. The Balaban J connectivity index is 1.84. The maximum Gasteiger partial charge on any atom is 0.416 e. The fourth-order valence-corrected chi connectivity index (χ4v) is 2.98. The molecule has 0 radical (unpaired) electrons. The molecule has 4 nitrogen and oxygen atoms in total. The molecule has 7 heteroatoms. The van der Waals surface area contributed by atoms with Gasteiger partial charge < -0.3 is 10.2 Å². The van der Waals surface area contributed by atoms with Gasteiger partial charge >= 0.3 is 6.18 Å². The van der Waals surface area contributed by atoms with Gasteiger partial charge in [-0.2, -0.15) is 13.2 Å². The van der Waals surface area contributed by atoms with Crippen molar-refractivity contribution >= 4 is 11.8 Å². The molecule has 0 unspecified atom stereocenters. The zero-order valence-electron chi connectivity index (χ0n) is 11.0. The molecule has 0 aliphatic carbocycles. The fourth-order valence-electron chi connectivity index (χ4n) is 2.98. The summed E-state index contributed by atoms with van der Waals surface area (Å²) in [6, 6.07) is 4.06. The number of amides is 2. The zero-order valence-corrected chi connectivity index (χ0v) is 11.0. The highest BCUT2D eigenvalue weighted by atomic mass is 19.4. The number of carbonyl (C=O) groups is 2. The molecule has 2 heterocycles. The highest BCUT2D eigenvalue weighted by Gasteiger charge is 2.43. The lowest BCUT2D eigenvalue weighted by molar-refractivity contribution is -0.137. The fraction of sp³-hybridized carbons (Fsp3) is 0.429. The van der Waals surface area contributed by atoms with E-state index in [4.69, 9.17) is 0 Å². The van der Waals surface area contributed by atoms with Crippen molar-refractivity contribution in [2.24, 2.45) is 0 Å². The Bertz CT molecular complexity index is 600. The van der Waals surface area contributed by atoms with Crippen LogP contribution in [0.1, 0.15) is 28.8 Å². The number of likely N-dealkylation sites (tertiary alicyclic amines) is 1. The third-order valence-electron chi connectivity index (χ3n) is 3.98. The smallest absolute Gasteiger partial charge is 0.351 e. The summed E-state index contributed by atoms with van der Waals surface area (Å²) >= 11 is 0. The van der Waals surface area contributed by atoms with Gasteiger partial charge in [-0.3, -0.25) is 9.59 Å². The van der Waals surface area contributed by atoms with E-state index >= 15 is 0 Å². The van der Waals surface area contributed by atoms with E-state index in [1.807, 2.05) is 0 Å². The van der Waals surface area contributed by atoms with E-state index in [9.17, 15) is 22.8 Å². The molecule has 2 aliphatic rings. The number of alkyl halides is 3. The second kappa shape index (κ2) is 4.75. The Kier molecular flexibility index (Phi) is 3.15. The first kappa shape index (κ1) is 13.9. The average molecular weight is 298 g/mol. The van der Waals surface area contributed by atoms with Gasteiger partial charge in [-0.05, 0) is 24.6 Å². The monoisotopic (exact) mass is 298 g/mol. The summed E-state index contributed by atoms with van der Waals surface area (Å²) in [5, 5.41) is 2.77. The van der Waals surface area contributed by atoms with Crippen LogP contribution in [0, 0.1) is 0 Å². The standard InChI is InChI=1S/C14H13F3N2O2/c15-14(16,17)9-3-1-2-8(6-9)13(21)19-5-4-10-11(19)7-12(20)18-10/h1-3,6,10-11H,4-5,7H2,(H,18,20)/t10-,11-/m0/s1. The third kappa shape index (κ3) is 2.48. The molecular weight excluding hydrogens is 285 g/mol. The van der Waals surface area contributed by atoms with Crippen molar-refractivity contribution < 1.29 is 22.8 Å². The minimum Gasteiger partial charge on any atom is -0.351 e. The van der Waals surface area contributed by atoms with Crippen molar-refractivity contribution in [2.45, 2.75) is 31.1 Å². The van der Waals surface area contributed by atoms with Crippen LogP contribution in [-0.2, 0) is 11.0 Å². The largest absolute Gasteiger partial charge is 0.416 e. The molecule has 1 aromatic carbocycles. The molecule has 0 bridgehead atoms. The first-order valence-electron chi connectivity index (χ1n) is 6.64. The zero-order chi connectivity index (χ0) is 15.2. The summed E-state index contributed by atoms with van der Waals surface area (Å²) in [4.78, 5) is 25.2. The van der Waals surface area contributed by atoms with Gasteiger partial charge in [0.15, 0.2) is 0 Å². The van der Waals surface area contributed by atoms with E-state index in [-0.39, 0.29) is 30.0 Å². The van der Waals surface area contributed by atoms with Gasteiger partial charge in [-0.15, -0.1) is 0 Å². The van der Waals surface area contributed by atoms with Gasteiger partial charge in [-0.1, -0.05) is 6.07 Å². The van der Waals surface area contributed by atoms with Crippen LogP contribution in [-0.4, -0.2) is 35.3 Å². The number of hydrogen-bond acceptors (Lipinski definition) is 2. The third-order valence-corrected chi connectivity index (χ3v) is 3.98. The topological polar surface area (TPSA) is 49.4 Å². The predicted molar refractivity (Wildman–Crippen MR) is 67.4 cm³/mol. The van der Waals surface area contributed by atoms with Gasteiger partial charge in [0.2, 0.25) is 5.91 Å². The summed E-state index contributed by atoms with van der Waals surface area (Å²) in [5.41, 5.74) is -0.838. The van der Waals surface area contributed by atoms with Crippen LogP contribution in [0.5, 0.6) is 0 Å². The van der Waals surface area contributed by atoms with Crippen molar-refractivity contribution in [3.8, 4) is 0 Å². The molecule has 3 rings (SSSR count). The van der Waals surface area contributed by atoms with Crippen LogP contribution in [0.25, 0.3) is 0 Å². The number of rotatable bonds is 1. The molecule has 0 aromatic heterocycles. The number of nitrogens with zero attached hydrogens (tertiary/aromatic N) is 1. The molecule has 2 amide bonds. The second-order valence-electron chi connectivity index (χ2n) is 5.31. The molecular formula is C14H13F3N2O2. The molecule has 21 heavy (non-hydrogen) atoms. The van der Waals surface area contributed by atoms with E-state index in [1.54, 1.807) is 0 Å². The Morgan fingerprint density at radius 3 is 2.81 bits per heavy atom. The lowest BCUT2D eigenvalue weighted by Crippen LogP contribution is -2.38. The number of halogens is 3. The molecule has 2 atom stereocenters. The van der Waals surface area contributed by atoms with Crippen molar-refractivity contribution in [1.82, 2.24) is 10.2 Å². The minimum absolute atomic E-state index is 0.00447. The summed E-state index contributed by atoms with van der Waals surface area (Å²) in [6.45, 7) is 0.449. The van der Waals surface area contributed by atoms with E-state index in [0.717, 1.165) is 12.1 Å². The molecule has 0 saturated carbocycles. The van der Waals surface area contributed by atoms with Gasteiger partial charge in [0.05, 0.1) is 17.6 Å². The Morgan fingerprint density at radius 2 is 2.10 bits per heavy atom. The molecule has 2 saturated heterocycles. The minimum atomic E-state index is -4.48. The summed E-state index contributed by atoms with van der Waals surface area (Å²) in [7, 11) is 0. The Hall–Kier alpha value is -2.05. The summed E-state index contributed by atoms with van der Waals surface area (Å²) < 4.78 is 38.1. The van der Waals surface area contributed by atoms with E-state index < -0.39 is 17.6 Å². The van der Waals surface area contributed by atoms with Crippen LogP contribution in [0.15, 0.2) is 24.3 Å².